The third-order valence-electron chi connectivity index (χ3n) is 2.25. The lowest BCUT2D eigenvalue weighted by molar-refractivity contribution is 0.0320. The van der Waals surface area contributed by atoms with Crippen LogP contribution < -0.4 is 16.0 Å². The standard InChI is InChI=1S/C9H17N5O4S/c1-17-6-7(18-2)3-13-19(15,16)8-4-11-9(14-10)12-5-8/h4-5,7,13H,3,6,10H2,1-2H3,(H,11,12,14). The molecule has 1 atom stereocenters. The molecule has 0 fully saturated rings. The zero-order valence-corrected chi connectivity index (χ0v) is 11.5. The van der Waals surface area contributed by atoms with Crippen molar-refractivity contribution >= 4 is 16.0 Å². The van der Waals surface area contributed by atoms with Crippen molar-refractivity contribution in [2.45, 2.75) is 11.0 Å². The molecule has 0 aliphatic carbocycles. The van der Waals surface area contributed by atoms with Crippen LogP contribution in [0.5, 0.6) is 0 Å². The van der Waals surface area contributed by atoms with E-state index in [9.17, 15) is 8.42 Å². The quantitative estimate of drug-likeness (QED) is 0.398. The van der Waals surface area contributed by atoms with E-state index in [1.807, 2.05) is 0 Å². The molecule has 1 rings (SSSR count). The number of rotatable bonds is 8. The van der Waals surface area contributed by atoms with Crippen molar-refractivity contribution in [3.8, 4) is 0 Å². The second-order valence-electron chi connectivity index (χ2n) is 3.55. The number of nitrogens with one attached hydrogen (secondary N) is 2. The van der Waals surface area contributed by atoms with Gasteiger partial charge in [0.05, 0.1) is 25.1 Å². The molecule has 0 saturated heterocycles. The van der Waals surface area contributed by atoms with Crippen molar-refractivity contribution in [2.24, 2.45) is 5.84 Å². The predicted molar refractivity (Wildman–Crippen MR) is 67.7 cm³/mol. The summed E-state index contributed by atoms with van der Waals surface area (Å²) in [6.45, 7) is 0.370. The van der Waals surface area contributed by atoms with E-state index in [-0.39, 0.29) is 30.1 Å². The first-order valence-electron chi connectivity index (χ1n) is 5.33. The highest BCUT2D eigenvalue weighted by Crippen LogP contribution is 2.06. The lowest BCUT2D eigenvalue weighted by Crippen LogP contribution is -2.35. The van der Waals surface area contributed by atoms with Crippen LogP contribution in [0.4, 0.5) is 5.95 Å². The van der Waals surface area contributed by atoms with E-state index in [2.05, 4.69) is 20.1 Å². The van der Waals surface area contributed by atoms with E-state index in [1.165, 1.54) is 14.2 Å². The smallest absolute Gasteiger partial charge is 0.243 e. The number of nitrogen functional groups attached to an aromatic ring is 1. The van der Waals surface area contributed by atoms with Gasteiger partial charge in [0, 0.05) is 20.8 Å². The summed E-state index contributed by atoms with van der Waals surface area (Å²) >= 11 is 0. The fourth-order valence-electron chi connectivity index (χ4n) is 1.21. The summed E-state index contributed by atoms with van der Waals surface area (Å²) in [6.07, 6.45) is 1.94. The number of sulfonamides is 1. The second kappa shape index (κ2) is 7.31. The highest BCUT2D eigenvalue weighted by atomic mass is 32.2. The van der Waals surface area contributed by atoms with Crippen molar-refractivity contribution in [3.05, 3.63) is 12.4 Å². The number of nitrogens with zero attached hydrogens (tertiary/aromatic N) is 2. The third-order valence-corrected chi connectivity index (χ3v) is 3.63. The molecule has 0 radical (unpaired) electrons. The van der Waals surface area contributed by atoms with E-state index < -0.39 is 10.0 Å². The monoisotopic (exact) mass is 291 g/mol. The van der Waals surface area contributed by atoms with E-state index in [0.717, 1.165) is 12.4 Å². The third kappa shape index (κ3) is 4.69. The van der Waals surface area contributed by atoms with Gasteiger partial charge in [0.15, 0.2) is 0 Å². The molecule has 1 aromatic heterocycles. The van der Waals surface area contributed by atoms with Crippen LogP contribution in [0.15, 0.2) is 17.3 Å². The number of anilines is 1. The first kappa shape index (κ1) is 15.7. The molecule has 0 spiro atoms. The molecule has 19 heavy (non-hydrogen) atoms. The SMILES string of the molecule is COCC(CNS(=O)(=O)c1cnc(NN)nc1)OC. The van der Waals surface area contributed by atoms with Gasteiger partial charge in [-0.15, -0.1) is 0 Å². The molecule has 0 aromatic carbocycles. The maximum atomic E-state index is 11.9. The van der Waals surface area contributed by atoms with Gasteiger partial charge in [-0.1, -0.05) is 0 Å². The summed E-state index contributed by atoms with van der Waals surface area (Å²) in [5.74, 6) is 5.22. The highest BCUT2D eigenvalue weighted by Gasteiger charge is 2.17. The summed E-state index contributed by atoms with van der Waals surface area (Å²) in [4.78, 5) is 7.39. The van der Waals surface area contributed by atoms with Crippen molar-refractivity contribution in [1.82, 2.24) is 14.7 Å². The van der Waals surface area contributed by atoms with E-state index in [0.29, 0.717) is 0 Å². The Hall–Kier alpha value is -1.33. The largest absolute Gasteiger partial charge is 0.382 e. The van der Waals surface area contributed by atoms with Crippen molar-refractivity contribution < 1.29 is 17.9 Å². The van der Waals surface area contributed by atoms with Gasteiger partial charge in [-0.3, -0.25) is 5.43 Å². The van der Waals surface area contributed by atoms with Crippen LogP contribution in [0.1, 0.15) is 0 Å². The maximum absolute atomic E-state index is 11.9. The number of aromatic nitrogens is 2. The Balaban J connectivity index is 2.69. The fourth-order valence-corrected chi connectivity index (χ4v) is 2.17. The number of hydrogen-bond acceptors (Lipinski definition) is 8. The van der Waals surface area contributed by atoms with Gasteiger partial charge in [0.1, 0.15) is 4.90 Å². The van der Waals surface area contributed by atoms with Crippen LogP contribution in [-0.4, -0.2) is 51.9 Å². The van der Waals surface area contributed by atoms with Gasteiger partial charge in [-0.2, -0.15) is 0 Å². The zero-order valence-electron chi connectivity index (χ0n) is 10.7. The summed E-state index contributed by atoms with van der Waals surface area (Å²) in [7, 11) is -0.706. The lowest BCUT2D eigenvalue weighted by Gasteiger charge is -2.15. The molecule has 0 bridgehead atoms. The second-order valence-corrected chi connectivity index (χ2v) is 5.32. The molecule has 4 N–H and O–H groups in total. The van der Waals surface area contributed by atoms with Crippen LogP contribution >= 0.6 is 0 Å². The Kier molecular flexibility index (Phi) is 6.05. The summed E-state index contributed by atoms with van der Waals surface area (Å²) < 4.78 is 36.2. The Labute approximate surface area is 111 Å². The maximum Gasteiger partial charge on any atom is 0.243 e. The molecule has 0 aliphatic heterocycles. The molecule has 0 amide bonds. The summed E-state index contributed by atoms with van der Waals surface area (Å²) in [6, 6.07) is 0. The minimum Gasteiger partial charge on any atom is -0.382 e. The molecule has 9 nitrogen and oxygen atoms in total. The van der Waals surface area contributed by atoms with Crippen molar-refractivity contribution in [3.63, 3.8) is 0 Å². The van der Waals surface area contributed by atoms with Crippen LogP contribution in [0.25, 0.3) is 0 Å². The molecule has 0 aliphatic rings. The Morgan fingerprint density at radius 2 is 2.00 bits per heavy atom. The van der Waals surface area contributed by atoms with Crippen LogP contribution in [-0.2, 0) is 19.5 Å². The van der Waals surface area contributed by atoms with Gasteiger partial charge >= 0.3 is 0 Å². The molecular weight excluding hydrogens is 274 g/mol. The number of methoxy groups -OCH3 is 2. The highest BCUT2D eigenvalue weighted by molar-refractivity contribution is 7.89. The van der Waals surface area contributed by atoms with Crippen LogP contribution in [0.2, 0.25) is 0 Å². The van der Waals surface area contributed by atoms with Gasteiger partial charge < -0.3 is 9.47 Å². The molecule has 10 heteroatoms. The van der Waals surface area contributed by atoms with Crippen molar-refractivity contribution in [1.29, 1.82) is 0 Å². The van der Waals surface area contributed by atoms with Crippen molar-refractivity contribution in [2.75, 3.05) is 32.8 Å². The number of hydrazine groups is 1. The Morgan fingerprint density at radius 3 is 2.47 bits per heavy atom. The van der Waals surface area contributed by atoms with E-state index in [1.54, 1.807) is 0 Å². The normalized spacial score (nSPS) is 13.2. The molecule has 0 saturated carbocycles. The Bertz CT molecular complexity index is 478. The summed E-state index contributed by atoms with van der Waals surface area (Å²) in [5, 5.41) is 0. The fraction of sp³-hybridized carbons (Fsp3) is 0.556. The predicted octanol–water partition coefficient (Wildman–Crippen LogP) is -1.30. The van der Waals surface area contributed by atoms with Gasteiger partial charge in [0.25, 0.3) is 0 Å². The Morgan fingerprint density at radius 1 is 1.37 bits per heavy atom. The average molecular weight is 291 g/mol. The van der Waals surface area contributed by atoms with Crippen LogP contribution in [0, 0.1) is 0 Å². The lowest BCUT2D eigenvalue weighted by atomic mass is 10.4. The minimum absolute atomic E-state index is 0.0567. The van der Waals surface area contributed by atoms with E-state index >= 15 is 0 Å². The van der Waals surface area contributed by atoms with Gasteiger partial charge in [-0.25, -0.2) is 29.0 Å². The topological polar surface area (TPSA) is 128 Å². The van der Waals surface area contributed by atoms with Gasteiger partial charge in [0.2, 0.25) is 16.0 Å². The molecule has 1 heterocycles. The van der Waals surface area contributed by atoms with Crippen LogP contribution in [0.3, 0.4) is 0 Å². The van der Waals surface area contributed by atoms with Gasteiger partial charge in [-0.05, 0) is 0 Å². The van der Waals surface area contributed by atoms with E-state index in [4.69, 9.17) is 15.3 Å². The average Bonchev–Trinajstić information content (AvgIpc) is 2.43. The molecule has 1 unspecified atom stereocenters. The first-order valence-corrected chi connectivity index (χ1v) is 6.82. The summed E-state index contributed by atoms with van der Waals surface area (Å²) in [5.41, 5.74) is 2.21. The zero-order chi connectivity index (χ0) is 14.3. The molecule has 1 aromatic rings. The minimum atomic E-state index is -3.69. The number of ether oxygens (including phenoxy) is 2. The first-order chi connectivity index (χ1) is 9.03. The molecular formula is C9H17N5O4S. The number of nitrogens with two attached hydrogens (primary N) is 1. The number of hydrogen-bond donors (Lipinski definition) is 3. The molecule has 108 valence electrons.